The molecule has 8 heteroatoms. The minimum absolute atomic E-state index is 0. The van der Waals surface area contributed by atoms with Gasteiger partial charge in [-0.1, -0.05) is 13.3 Å². The van der Waals surface area contributed by atoms with Gasteiger partial charge in [-0.2, -0.15) is 8.42 Å². The van der Waals surface area contributed by atoms with Gasteiger partial charge in [-0.25, -0.2) is 4.18 Å². The van der Waals surface area contributed by atoms with Crippen molar-refractivity contribution in [2.75, 3.05) is 6.61 Å². The second-order valence-electron chi connectivity index (χ2n) is 1.60. The Balaban J connectivity index is -0.0000000533. The maximum Gasteiger partial charge on any atom is 1.00 e. The van der Waals surface area contributed by atoms with Crippen LogP contribution in [0.5, 0.6) is 0 Å². The first kappa shape index (κ1) is 23.0. The van der Waals surface area contributed by atoms with Gasteiger partial charge >= 0.3 is 40.0 Å². The van der Waals surface area contributed by atoms with Gasteiger partial charge in [-0.15, -0.1) is 0 Å². The molecule has 0 amide bonds. The largest absolute Gasteiger partial charge is 1.00 e. The molecule has 0 saturated heterocycles. The molecule has 0 aliphatic heterocycles. The summed E-state index contributed by atoms with van der Waals surface area (Å²) < 4.78 is 31.7. The fourth-order valence-electron chi connectivity index (χ4n) is 0.309. The van der Waals surface area contributed by atoms with Crippen molar-refractivity contribution in [3.05, 3.63) is 0 Å². The van der Waals surface area contributed by atoms with E-state index in [4.69, 9.17) is 4.55 Å². The molecule has 0 rings (SSSR count). The molecule has 12 heavy (non-hydrogen) atoms. The van der Waals surface area contributed by atoms with Crippen molar-refractivity contribution in [1.29, 1.82) is 0 Å². The van der Waals surface area contributed by atoms with Gasteiger partial charge < -0.3 is 13.1 Å². The van der Waals surface area contributed by atoms with E-state index < -0.39 is 10.4 Å². The summed E-state index contributed by atoms with van der Waals surface area (Å²) in [4.78, 5) is 0. The summed E-state index contributed by atoms with van der Waals surface area (Å²) in [6, 6.07) is 0. The first-order chi connectivity index (χ1) is 4.06. The molecule has 0 aromatic heterocycles. The molecule has 0 spiro atoms. The smallest absolute Gasteiger partial charge is 1.00 e. The molecule has 6 nitrogen and oxygen atoms in total. The van der Waals surface area contributed by atoms with Crippen molar-refractivity contribution in [2.45, 2.75) is 19.8 Å². The van der Waals surface area contributed by atoms with Gasteiger partial charge in [0.2, 0.25) is 0 Å². The third-order valence-electron chi connectivity index (χ3n) is 0.730. The Bertz CT molecular complexity index is 164. The van der Waals surface area contributed by atoms with Crippen LogP contribution in [-0.4, -0.2) is 25.1 Å². The van der Waals surface area contributed by atoms with Crippen molar-refractivity contribution in [3.63, 3.8) is 0 Å². The average molecular weight is 213 g/mol. The van der Waals surface area contributed by atoms with E-state index in [0.29, 0.717) is 6.42 Å². The van der Waals surface area contributed by atoms with Crippen molar-refractivity contribution < 1.29 is 53.6 Å². The van der Waals surface area contributed by atoms with E-state index in [2.05, 4.69) is 4.18 Å². The standard InChI is InChI=1S/C4H10O4S.H3N.Na.H2O.H/c1-2-3-4-8-9(5,6)7;;;;/h2-4H2,1H3,(H,5,6,7);1H3;;1H2;/q;;+1;;-1. The molecular weight excluding hydrogens is 197 g/mol. The summed E-state index contributed by atoms with van der Waals surface area (Å²) >= 11 is 0. The molecule has 74 valence electrons. The van der Waals surface area contributed by atoms with E-state index in [1.54, 1.807) is 0 Å². The average Bonchev–Trinajstić information content (AvgIpc) is 1.63. The van der Waals surface area contributed by atoms with E-state index in [1.807, 2.05) is 6.92 Å². The predicted molar refractivity (Wildman–Crippen MR) is 42.2 cm³/mol. The minimum Gasteiger partial charge on any atom is -1.00 e. The van der Waals surface area contributed by atoms with Crippen LogP contribution in [-0.2, 0) is 14.6 Å². The molecular formula is C4H16NNaO5S. The van der Waals surface area contributed by atoms with Crippen LogP contribution in [0.3, 0.4) is 0 Å². The van der Waals surface area contributed by atoms with E-state index in [-0.39, 0.29) is 49.2 Å². The SMILES string of the molecule is CCCCOS(=O)(=O)O.N.O.[H-].[Na+]. The Labute approximate surface area is 96.3 Å². The Morgan fingerprint density at radius 1 is 1.50 bits per heavy atom. The van der Waals surface area contributed by atoms with Crippen LogP contribution in [0.25, 0.3) is 0 Å². The van der Waals surface area contributed by atoms with Crippen molar-refractivity contribution in [3.8, 4) is 0 Å². The summed E-state index contributed by atoms with van der Waals surface area (Å²) in [6.45, 7) is 1.96. The summed E-state index contributed by atoms with van der Waals surface area (Å²) in [7, 11) is -4.20. The molecule has 0 bridgehead atoms. The maximum atomic E-state index is 9.84. The van der Waals surface area contributed by atoms with Crippen LogP contribution in [0, 0.1) is 0 Å². The van der Waals surface area contributed by atoms with Gasteiger partial charge in [0.1, 0.15) is 0 Å². The van der Waals surface area contributed by atoms with E-state index in [1.165, 1.54) is 0 Å². The van der Waals surface area contributed by atoms with E-state index in [9.17, 15) is 8.42 Å². The number of unbranched alkanes of at least 4 members (excludes halogenated alkanes) is 1. The summed E-state index contributed by atoms with van der Waals surface area (Å²) in [6.07, 6.45) is 1.48. The zero-order chi connectivity index (χ0) is 7.33. The summed E-state index contributed by atoms with van der Waals surface area (Å²) in [5.41, 5.74) is 0. The van der Waals surface area contributed by atoms with Crippen LogP contribution >= 0.6 is 0 Å². The Morgan fingerprint density at radius 3 is 2.17 bits per heavy atom. The van der Waals surface area contributed by atoms with Gasteiger partial charge in [-0.05, 0) is 6.42 Å². The summed E-state index contributed by atoms with van der Waals surface area (Å²) in [5, 5.41) is 0. The minimum atomic E-state index is -4.20. The molecule has 0 radical (unpaired) electrons. The van der Waals surface area contributed by atoms with Crippen LogP contribution in [0.2, 0.25) is 0 Å². The molecule has 0 fully saturated rings. The summed E-state index contributed by atoms with van der Waals surface area (Å²) in [5.74, 6) is 0. The quantitative estimate of drug-likeness (QED) is 0.293. The third kappa shape index (κ3) is 22.4. The second kappa shape index (κ2) is 11.8. The zero-order valence-corrected chi connectivity index (χ0v) is 10.2. The van der Waals surface area contributed by atoms with Gasteiger partial charge in [0, 0.05) is 0 Å². The van der Waals surface area contributed by atoms with Crippen molar-refractivity contribution >= 4 is 10.4 Å². The second-order valence-corrected chi connectivity index (χ2v) is 2.69. The monoisotopic (exact) mass is 213 g/mol. The first-order valence-electron chi connectivity index (χ1n) is 2.68. The van der Waals surface area contributed by atoms with Crippen LogP contribution in [0.15, 0.2) is 0 Å². The molecule has 0 aliphatic carbocycles. The zero-order valence-electron chi connectivity index (χ0n) is 8.41. The molecule has 0 aromatic carbocycles. The Morgan fingerprint density at radius 2 is 1.92 bits per heavy atom. The van der Waals surface area contributed by atoms with Crippen molar-refractivity contribution in [1.82, 2.24) is 6.15 Å². The number of hydrogen-bond acceptors (Lipinski definition) is 4. The molecule has 0 aromatic rings. The van der Waals surface area contributed by atoms with Crippen LogP contribution in [0.4, 0.5) is 0 Å². The fraction of sp³-hybridized carbons (Fsp3) is 1.00. The predicted octanol–water partition coefficient (Wildman–Crippen LogP) is -2.94. The van der Waals surface area contributed by atoms with E-state index >= 15 is 0 Å². The van der Waals surface area contributed by atoms with Crippen LogP contribution in [0.1, 0.15) is 21.2 Å². The van der Waals surface area contributed by atoms with Gasteiger partial charge in [0.05, 0.1) is 6.61 Å². The van der Waals surface area contributed by atoms with Crippen LogP contribution < -0.4 is 35.7 Å². The maximum absolute atomic E-state index is 9.84. The van der Waals surface area contributed by atoms with Crippen molar-refractivity contribution in [2.24, 2.45) is 0 Å². The normalized spacial score (nSPS) is 8.83. The molecule has 0 saturated carbocycles. The Hall–Kier alpha value is 0.790. The molecule has 0 aliphatic rings. The number of rotatable bonds is 4. The van der Waals surface area contributed by atoms with E-state index in [0.717, 1.165) is 6.42 Å². The topological polar surface area (TPSA) is 130 Å². The number of hydrogen-bond donors (Lipinski definition) is 2. The molecule has 0 heterocycles. The molecule has 6 N–H and O–H groups in total. The fourth-order valence-corrected chi connectivity index (χ4v) is 0.637. The van der Waals surface area contributed by atoms with Gasteiger partial charge in [0.15, 0.2) is 0 Å². The van der Waals surface area contributed by atoms with Gasteiger partial charge in [0.25, 0.3) is 0 Å². The molecule has 0 unspecified atom stereocenters. The van der Waals surface area contributed by atoms with Gasteiger partial charge in [-0.3, -0.25) is 4.55 Å². The first-order valence-corrected chi connectivity index (χ1v) is 4.04. The third-order valence-corrected chi connectivity index (χ3v) is 1.19. The molecule has 0 atom stereocenters. The Kier molecular flexibility index (Phi) is 22.6.